The highest BCUT2D eigenvalue weighted by atomic mass is 35.5. The van der Waals surface area contributed by atoms with Gasteiger partial charge < -0.3 is 20.1 Å². The van der Waals surface area contributed by atoms with E-state index in [-0.39, 0.29) is 0 Å². The average Bonchev–Trinajstić information content (AvgIpc) is 2.99. The number of guanidine groups is 1. The van der Waals surface area contributed by atoms with Gasteiger partial charge >= 0.3 is 0 Å². The lowest BCUT2D eigenvalue weighted by atomic mass is 10.2. The number of nitrogens with one attached hydrogen (secondary N) is 2. The third-order valence-electron chi connectivity index (χ3n) is 3.59. The van der Waals surface area contributed by atoms with Crippen molar-refractivity contribution in [3.8, 4) is 11.5 Å². The minimum Gasteiger partial charge on any atom is -0.489 e. The Bertz CT molecular complexity index is 704. The van der Waals surface area contributed by atoms with Crippen molar-refractivity contribution in [2.75, 3.05) is 20.3 Å². The van der Waals surface area contributed by atoms with Gasteiger partial charge in [0.15, 0.2) is 17.5 Å². The second kappa shape index (κ2) is 8.26. The predicted molar refractivity (Wildman–Crippen MR) is 98.4 cm³/mol. The standard InChI is InChI=1S/C17H20ClN3O2S/c1-19-17(20-9-12-3-6-24-11-12)21-10-13-7-14(18)16-15(8-13)22-4-2-5-23-16/h3,6-8,11H,2,4-5,9-10H2,1H3,(H2,19,20,21). The molecule has 5 nitrogen and oxygen atoms in total. The van der Waals surface area contributed by atoms with Crippen LogP contribution in [0.3, 0.4) is 0 Å². The average molecular weight is 366 g/mol. The second-order valence-corrected chi connectivity index (χ2v) is 6.55. The molecule has 0 saturated heterocycles. The van der Waals surface area contributed by atoms with Crippen LogP contribution in [0.25, 0.3) is 0 Å². The molecule has 3 rings (SSSR count). The molecule has 128 valence electrons. The van der Waals surface area contributed by atoms with E-state index in [0.29, 0.717) is 36.3 Å². The maximum Gasteiger partial charge on any atom is 0.191 e. The summed E-state index contributed by atoms with van der Waals surface area (Å²) in [6, 6.07) is 5.95. The van der Waals surface area contributed by atoms with Crippen molar-refractivity contribution in [2.24, 2.45) is 4.99 Å². The first-order valence-corrected chi connectivity index (χ1v) is 9.12. The number of benzene rings is 1. The lowest BCUT2D eigenvalue weighted by molar-refractivity contribution is 0.297. The van der Waals surface area contributed by atoms with Crippen molar-refractivity contribution >= 4 is 28.9 Å². The molecule has 0 atom stereocenters. The Kier molecular flexibility index (Phi) is 5.82. The summed E-state index contributed by atoms with van der Waals surface area (Å²) in [5.74, 6) is 2.08. The molecule has 1 aromatic heterocycles. The Morgan fingerprint density at radius 2 is 2.00 bits per heavy atom. The molecule has 1 aliphatic heterocycles. The number of hydrogen-bond acceptors (Lipinski definition) is 4. The van der Waals surface area contributed by atoms with Gasteiger partial charge in [-0.3, -0.25) is 4.99 Å². The number of ether oxygens (including phenoxy) is 2. The van der Waals surface area contributed by atoms with Gasteiger partial charge in [-0.15, -0.1) is 0 Å². The summed E-state index contributed by atoms with van der Waals surface area (Å²) >= 11 is 8.01. The largest absolute Gasteiger partial charge is 0.489 e. The molecule has 7 heteroatoms. The highest BCUT2D eigenvalue weighted by molar-refractivity contribution is 7.07. The van der Waals surface area contributed by atoms with Crippen LogP contribution in [0.1, 0.15) is 17.5 Å². The van der Waals surface area contributed by atoms with E-state index in [1.807, 2.05) is 12.1 Å². The fourth-order valence-electron chi connectivity index (χ4n) is 2.37. The number of fused-ring (bicyclic) bond motifs is 1. The Balaban J connectivity index is 1.61. The maximum atomic E-state index is 6.32. The van der Waals surface area contributed by atoms with Crippen molar-refractivity contribution in [3.05, 3.63) is 45.1 Å². The van der Waals surface area contributed by atoms with Crippen LogP contribution < -0.4 is 20.1 Å². The lowest BCUT2D eigenvalue weighted by Gasteiger charge is -2.14. The third kappa shape index (κ3) is 4.33. The molecule has 0 spiro atoms. The summed E-state index contributed by atoms with van der Waals surface area (Å²) in [5, 5.41) is 11.3. The quantitative estimate of drug-likeness (QED) is 0.644. The number of thiophene rings is 1. The summed E-state index contributed by atoms with van der Waals surface area (Å²) in [4.78, 5) is 4.24. The van der Waals surface area contributed by atoms with E-state index in [1.165, 1.54) is 5.56 Å². The van der Waals surface area contributed by atoms with E-state index in [2.05, 4.69) is 32.5 Å². The number of nitrogens with zero attached hydrogens (tertiary/aromatic N) is 1. The molecule has 0 saturated carbocycles. The maximum absolute atomic E-state index is 6.32. The van der Waals surface area contributed by atoms with Gasteiger partial charge in [0.25, 0.3) is 0 Å². The van der Waals surface area contributed by atoms with E-state index < -0.39 is 0 Å². The van der Waals surface area contributed by atoms with E-state index >= 15 is 0 Å². The van der Waals surface area contributed by atoms with Crippen molar-refractivity contribution in [3.63, 3.8) is 0 Å². The van der Waals surface area contributed by atoms with Gasteiger partial charge in [-0.1, -0.05) is 11.6 Å². The van der Waals surface area contributed by atoms with Crippen molar-refractivity contribution < 1.29 is 9.47 Å². The normalized spacial score (nSPS) is 14.2. The molecule has 2 N–H and O–H groups in total. The van der Waals surface area contributed by atoms with Gasteiger partial charge in [-0.25, -0.2) is 0 Å². The molecular formula is C17H20ClN3O2S. The van der Waals surface area contributed by atoms with Crippen LogP contribution >= 0.6 is 22.9 Å². The Labute approximate surface area is 150 Å². The van der Waals surface area contributed by atoms with E-state index in [1.54, 1.807) is 18.4 Å². The minimum absolute atomic E-state index is 0.576. The lowest BCUT2D eigenvalue weighted by Crippen LogP contribution is -2.36. The van der Waals surface area contributed by atoms with E-state index in [4.69, 9.17) is 21.1 Å². The van der Waals surface area contributed by atoms with Crippen LogP contribution in [0, 0.1) is 0 Å². The third-order valence-corrected chi connectivity index (χ3v) is 4.60. The molecule has 1 aromatic carbocycles. The van der Waals surface area contributed by atoms with Crippen molar-refractivity contribution in [2.45, 2.75) is 19.5 Å². The molecule has 0 aliphatic carbocycles. The zero-order valence-electron chi connectivity index (χ0n) is 13.5. The monoisotopic (exact) mass is 365 g/mol. The van der Waals surface area contributed by atoms with Gasteiger partial charge in [0, 0.05) is 26.6 Å². The zero-order chi connectivity index (χ0) is 16.8. The van der Waals surface area contributed by atoms with Crippen LogP contribution in [0.15, 0.2) is 34.0 Å². The summed E-state index contributed by atoms with van der Waals surface area (Å²) in [7, 11) is 1.75. The summed E-state index contributed by atoms with van der Waals surface area (Å²) in [6.45, 7) is 2.61. The number of aliphatic imine (C=N–C) groups is 1. The molecule has 24 heavy (non-hydrogen) atoms. The van der Waals surface area contributed by atoms with Gasteiger partial charge in [0.2, 0.25) is 0 Å². The molecule has 2 aromatic rings. The van der Waals surface area contributed by atoms with Gasteiger partial charge in [0.05, 0.1) is 18.2 Å². The van der Waals surface area contributed by atoms with Crippen LogP contribution in [0.4, 0.5) is 0 Å². The Hall–Kier alpha value is -1.92. The molecule has 0 unspecified atom stereocenters. The fourth-order valence-corrected chi connectivity index (χ4v) is 3.33. The van der Waals surface area contributed by atoms with E-state index in [0.717, 1.165) is 24.5 Å². The first kappa shape index (κ1) is 16.9. The minimum atomic E-state index is 0.576. The van der Waals surface area contributed by atoms with Crippen LogP contribution in [0.2, 0.25) is 5.02 Å². The summed E-state index contributed by atoms with van der Waals surface area (Å²) in [6.07, 6.45) is 0.859. The topological polar surface area (TPSA) is 54.9 Å². The van der Waals surface area contributed by atoms with Gasteiger partial charge in [-0.05, 0) is 40.1 Å². The summed E-state index contributed by atoms with van der Waals surface area (Å²) in [5.41, 5.74) is 2.25. The first-order valence-electron chi connectivity index (χ1n) is 7.80. The zero-order valence-corrected chi connectivity index (χ0v) is 15.0. The Morgan fingerprint density at radius 1 is 1.21 bits per heavy atom. The SMILES string of the molecule is CN=C(NCc1ccsc1)NCc1cc(Cl)c2c(c1)OCCCO2. The molecule has 2 heterocycles. The van der Waals surface area contributed by atoms with Crippen molar-refractivity contribution in [1.29, 1.82) is 0 Å². The van der Waals surface area contributed by atoms with Crippen LogP contribution in [-0.4, -0.2) is 26.2 Å². The predicted octanol–water partition coefficient (Wildman–Crippen LogP) is 3.43. The molecule has 0 amide bonds. The molecule has 1 aliphatic rings. The van der Waals surface area contributed by atoms with Crippen LogP contribution in [-0.2, 0) is 13.1 Å². The molecule has 0 bridgehead atoms. The number of rotatable bonds is 4. The Morgan fingerprint density at radius 3 is 2.75 bits per heavy atom. The highest BCUT2D eigenvalue weighted by Gasteiger charge is 2.15. The van der Waals surface area contributed by atoms with Crippen molar-refractivity contribution in [1.82, 2.24) is 10.6 Å². The first-order chi connectivity index (χ1) is 11.8. The number of hydrogen-bond donors (Lipinski definition) is 2. The van der Waals surface area contributed by atoms with Gasteiger partial charge in [0.1, 0.15) is 0 Å². The second-order valence-electron chi connectivity index (χ2n) is 5.37. The number of halogens is 1. The van der Waals surface area contributed by atoms with Gasteiger partial charge in [-0.2, -0.15) is 11.3 Å². The molecule has 0 fully saturated rings. The molecular weight excluding hydrogens is 346 g/mol. The highest BCUT2D eigenvalue weighted by Crippen LogP contribution is 2.37. The fraction of sp³-hybridized carbons (Fsp3) is 0.353. The van der Waals surface area contributed by atoms with Crippen LogP contribution in [0.5, 0.6) is 11.5 Å². The molecule has 0 radical (unpaired) electrons. The smallest absolute Gasteiger partial charge is 0.191 e. The summed E-state index contributed by atoms with van der Waals surface area (Å²) < 4.78 is 11.4. The van der Waals surface area contributed by atoms with E-state index in [9.17, 15) is 0 Å².